The summed E-state index contributed by atoms with van der Waals surface area (Å²) in [5, 5.41) is 0. The minimum absolute atomic E-state index is 0.0154. The summed E-state index contributed by atoms with van der Waals surface area (Å²) in [4.78, 5) is 30.3. The number of nitrogens with zero attached hydrogens (tertiary/aromatic N) is 2. The van der Waals surface area contributed by atoms with Crippen molar-refractivity contribution in [1.82, 2.24) is 4.90 Å². The molecule has 4 rings (SSSR count). The molecule has 2 aromatic carbocycles. The van der Waals surface area contributed by atoms with E-state index in [0.717, 1.165) is 24.0 Å². The largest absolute Gasteiger partial charge is 0.327 e. The van der Waals surface area contributed by atoms with E-state index in [1.54, 1.807) is 28.6 Å². The summed E-state index contributed by atoms with van der Waals surface area (Å²) in [6.07, 6.45) is 3.70. The van der Waals surface area contributed by atoms with Crippen LogP contribution in [0.2, 0.25) is 0 Å². The van der Waals surface area contributed by atoms with Gasteiger partial charge in [-0.2, -0.15) is 0 Å². The standard InChI is InChI=1S/C20H20N2O2S/c1-21-17-10-7-14(13-5-8-15(25-2)9-6-13)12-16(17)19(23)22-11-3-4-18(22)20(21)24/h5-10,12,18H,3-4,11H2,1-2H3/t18-/m0/s1. The maximum atomic E-state index is 13.0. The van der Waals surface area contributed by atoms with Gasteiger partial charge in [0.15, 0.2) is 0 Å². The number of rotatable bonds is 2. The lowest BCUT2D eigenvalue weighted by Crippen LogP contribution is -2.43. The molecule has 1 fully saturated rings. The normalized spacial score (nSPS) is 19.7. The van der Waals surface area contributed by atoms with Crippen LogP contribution in [-0.2, 0) is 4.79 Å². The van der Waals surface area contributed by atoms with E-state index >= 15 is 0 Å². The number of anilines is 1. The number of hydrogen-bond donors (Lipinski definition) is 0. The highest BCUT2D eigenvalue weighted by Crippen LogP contribution is 2.34. The third-order valence-corrected chi connectivity index (χ3v) is 5.88. The van der Waals surface area contributed by atoms with E-state index in [1.165, 1.54) is 4.90 Å². The summed E-state index contributed by atoms with van der Waals surface area (Å²) >= 11 is 1.70. The highest BCUT2D eigenvalue weighted by molar-refractivity contribution is 7.98. The molecule has 4 nitrogen and oxygen atoms in total. The third-order valence-electron chi connectivity index (χ3n) is 5.14. The van der Waals surface area contributed by atoms with E-state index in [0.29, 0.717) is 17.8 Å². The van der Waals surface area contributed by atoms with Crippen molar-refractivity contribution in [2.45, 2.75) is 23.8 Å². The summed E-state index contributed by atoms with van der Waals surface area (Å²) in [5.74, 6) is -0.0144. The average molecular weight is 352 g/mol. The molecule has 128 valence electrons. The minimum Gasteiger partial charge on any atom is -0.327 e. The fraction of sp³-hybridized carbons (Fsp3) is 0.300. The van der Waals surface area contributed by atoms with Crippen molar-refractivity contribution in [2.24, 2.45) is 0 Å². The van der Waals surface area contributed by atoms with Crippen LogP contribution >= 0.6 is 11.8 Å². The molecule has 2 heterocycles. The van der Waals surface area contributed by atoms with Crippen LogP contribution in [0.5, 0.6) is 0 Å². The number of likely N-dealkylation sites (N-methyl/N-ethyl adjacent to an activating group) is 1. The van der Waals surface area contributed by atoms with Crippen molar-refractivity contribution < 1.29 is 9.59 Å². The number of amides is 2. The van der Waals surface area contributed by atoms with Crippen LogP contribution in [0, 0.1) is 0 Å². The molecule has 0 radical (unpaired) electrons. The Morgan fingerprint density at radius 1 is 1.04 bits per heavy atom. The summed E-state index contributed by atoms with van der Waals surface area (Å²) in [5.41, 5.74) is 3.39. The quantitative estimate of drug-likeness (QED) is 0.775. The molecule has 2 aromatic rings. The summed E-state index contributed by atoms with van der Waals surface area (Å²) in [6.45, 7) is 0.662. The average Bonchev–Trinajstić information content (AvgIpc) is 3.13. The van der Waals surface area contributed by atoms with Gasteiger partial charge < -0.3 is 9.80 Å². The SMILES string of the molecule is CSc1ccc(-c2ccc3c(c2)C(=O)N2CCC[C@H]2C(=O)N3C)cc1. The molecule has 2 amide bonds. The highest BCUT2D eigenvalue weighted by atomic mass is 32.2. The van der Waals surface area contributed by atoms with Crippen LogP contribution < -0.4 is 4.90 Å². The molecule has 1 atom stereocenters. The van der Waals surface area contributed by atoms with E-state index in [2.05, 4.69) is 30.5 Å². The fourth-order valence-corrected chi connectivity index (χ4v) is 4.13. The van der Waals surface area contributed by atoms with Crippen molar-refractivity contribution in [2.75, 3.05) is 24.7 Å². The smallest absolute Gasteiger partial charge is 0.256 e. The molecule has 2 aliphatic rings. The predicted molar refractivity (Wildman–Crippen MR) is 101 cm³/mol. The number of carbonyl (C=O) groups is 2. The molecule has 25 heavy (non-hydrogen) atoms. The first-order chi connectivity index (χ1) is 12.1. The van der Waals surface area contributed by atoms with Crippen molar-refractivity contribution >= 4 is 29.3 Å². The van der Waals surface area contributed by atoms with E-state index in [-0.39, 0.29) is 17.9 Å². The van der Waals surface area contributed by atoms with E-state index in [1.807, 2.05) is 18.2 Å². The van der Waals surface area contributed by atoms with E-state index < -0.39 is 0 Å². The van der Waals surface area contributed by atoms with Gasteiger partial charge in [0.05, 0.1) is 11.3 Å². The zero-order chi connectivity index (χ0) is 17.6. The van der Waals surface area contributed by atoms with Crippen LogP contribution in [0.25, 0.3) is 11.1 Å². The van der Waals surface area contributed by atoms with E-state index in [4.69, 9.17) is 0 Å². The number of benzene rings is 2. The molecule has 0 saturated carbocycles. The van der Waals surface area contributed by atoms with E-state index in [9.17, 15) is 9.59 Å². The monoisotopic (exact) mass is 352 g/mol. The van der Waals surface area contributed by atoms with Gasteiger partial charge in [-0.25, -0.2) is 0 Å². The van der Waals surface area contributed by atoms with Crippen molar-refractivity contribution in [3.8, 4) is 11.1 Å². The fourth-order valence-electron chi connectivity index (χ4n) is 3.73. The Hall–Kier alpha value is -2.27. The molecule has 2 aliphatic heterocycles. The van der Waals surface area contributed by atoms with Crippen LogP contribution in [0.1, 0.15) is 23.2 Å². The number of thioether (sulfide) groups is 1. The lowest BCUT2D eigenvalue weighted by molar-refractivity contribution is -0.121. The first-order valence-corrected chi connectivity index (χ1v) is 9.69. The molecule has 0 bridgehead atoms. The second-order valence-corrected chi connectivity index (χ2v) is 7.39. The zero-order valence-electron chi connectivity index (χ0n) is 14.4. The molecule has 5 heteroatoms. The Balaban J connectivity index is 1.79. The first kappa shape index (κ1) is 16.2. The highest BCUT2D eigenvalue weighted by Gasteiger charge is 2.40. The number of carbonyl (C=O) groups excluding carboxylic acids is 2. The van der Waals surface area contributed by atoms with Crippen LogP contribution in [0.15, 0.2) is 47.4 Å². The van der Waals surface area contributed by atoms with Crippen LogP contribution in [0.3, 0.4) is 0 Å². The van der Waals surface area contributed by atoms with Crippen LogP contribution in [-0.4, -0.2) is 42.6 Å². The maximum Gasteiger partial charge on any atom is 0.256 e. The minimum atomic E-state index is -0.311. The van der Waals surface area contributed by atoms with Gasteiger partial charge in [-0.05, 0) is 54.5 Å². The van der Waals surface area contributed by atoms with Gasteiger partial charge in [-0.15, -0.1) is 11.8 Å². The van der Waals surface area contributed by atoms with Gasteiger partial charge in [0, 0.05) is 18.5 Å². The lowest BCUT2D eigenvalue weighted by Gasteiger charge is -2.22. The van der Waals surface area contributed by atoms with Crippen molar-refractivity contribution in [1.29, 1.82) is 0 Å². The summed E-state index contributed by atoms with van der Waals surface area (Å²) in [6, 6.07) is 13.8. The maximum absolute atomic E-state index is 13.0. The Morgan fingerprint density at radius 3 is 2.48 bits per heavy atom. The van der Waals surface area contributed by atoms with Crippen LogP contribution in [0.4, 0.5) is 5.69 Å². The van der Waals surface area contributed by atoms with Crippen molar-refractivity contribution in [3.05, 3.63) is 48.0 Å². The lowest BCUT2D eigenvalue weighted by atomic mass is 10.0. The molecular formula is C20H20N2O2S. The Kier molecular flexibility index (Phi) is 4.04. The Morgan fingerprint density at radius 2 is 1.76 bits per heavy atom. The molecule has 1 saturated heterocycles. The molecule has 0 aliphatic carbocycles. The Labute approximate surface area is 151 Å². The van der Waals surface area contributed by atoms with Crippen molar-refractivity contribution in [3.63, 3.8) is 0 Å². The topological polar surface area (TPSA) is 40.6 Å². The van der Waals surface area contributed by atoms with Gasteiger partial charge in [0.25, 0.3) is 5.91 Å². The van der Waals surface area contributed by atoms with Gasteiger partial charge in [-0.1, -0.05) is 18.2 Å². The van der Waals surface area contributed by atoms with Gasteiger partial charge >= 0.3 is 0 Å². The van der Waals surface area contributed by atoms with Gasteiger partial charge in [-0.3, -0.25) is 9.59 Å². The first-order valence-electron chi connectivity index (χ1n) is 8.47. The predicted octanol–water partition coefficient (Wildman–Crippen LogP) is 3.66. The zero-order valence-corrected chi connectivity index (χ0v) is 15.2. The molecule has 0 aromatic heterocycles. The molecular weight excluding hydrogens is 332 g/mol. The summed E-state index contributed by atoms with van der Waals surface area (Å²) < 4.78 is 0. The second kappa shape index (κ2) is 6.23. The third kappa shape index (κ3) is 2.63. The Bertz CT molecular complexity index is 847. The number of fused-ring (bicyclic) bond motifs is 2. The molecule has 0 N–H and O–H groups in total. The van der Waals surface area contributed by atoms with Gasteiger partial charge in [0.1, 0.15) is 6.04 Å². The summed E-state index contributed by atoms with van der Waals surface area (Å²) in [7, 11) is 1.77. The number of hydrogen-bond acceptors (Lipinski definition) is 3. The molecule has 0 spiro atoms. The molecule has 0 unspecified atom stereocenters. The second-order valence-electron chi connectivity index (χ2n) is 6.51. The van der Waals surface area contributed by atoms with Gasteiger partial charge in [0.2, 0.25) is 5.91 Å².